The molecule has 0 unspecified atom stereocenters. The van der Waals surface area contributed by atoms with Crippen molar-refractivity contribution in [2.45, 2.75) is 19.0 Å². The number of halogens is 3. The largest absolute Gasteiger partial charge is 0.489 e. The van der Waals surface area contributed by atoms with Gasteiger partial charge in [0.2, 0.25) is 0 Å². The molecule has 0 amide bonds. The van der Waals surface area contributed by atoms with E-state index in [9.17, 15) is 13.2 Å². The van der Waals surface area contributed by atoms with Gasteiger partial charge in [-0.3, -0.25) is 0 Å². The zero-order valence-corrected chi connectivity index (χ0v) is 12.0. The first-order valence-electron chi connectivity index (χ1n) is 7.60. The lowest BCUT2D eigenvalue weighted by atomic mass is 9.98. The van der Waals surface area contributed by atoms with Gasteiger partial charge in [0.05, 0.1) is 17.8 Å². The molecule has 1 fully saturated rings. The number of nitrogens with zero attached hydrogens (tertiary/aromatic N) is 1. The van der Waals surface area contributed by atoms with E-state index >= 15 is 0 Å². The smallest absolute Gasteiger partial charge is 0.416 e. The normalized spacial score (nSPS) is 20.5. The third-order valence-electron chi connectivity index (χ3n) is 4.43. The van der Waals surface area contributed by atoms with E-state index in [1.807, 2.05) is 0 Å². The van der Waals surface area contributed by atoms with Crippen molar-refractivity contribution in [1.29, 1.82) is 0 Å². The predicted octanol–water partition coefficient (Wildman–Crippen LogP) is 3.67. The van der Waals surface area contributed by atoms with Crippen molar-refractivity contribution in [2.24, 2.45) is 5.92 Å². The quantitative estimate of drug-likeness (QED) is 0.902. The molecule has 1 aromatic carbocycles. The molecule has 3 nitrogen and oxygen atoms in total. The fourth-order valence-electron chi connectivity index (χ4n) is 3.13. The Balaban J connectivity index is 1.76. The third-order valence-corrected chi connectivity index (χ3v) is 4.43. The molecule has 0 spiro atoms. The lowest BCUT2D eigenvalue weighted by molar-refractivity contribution is -0.0690. The minimum absolute atomic E-state index is 0.187. The molecule has 1 aliphatic carbocycles. The standard InChI is InChI=1S/C16H17F3N2O/c17-16(18,19)12-3-4-20-13-8-15-14(7-11(12)13)21(5-6-22-15)9-10-1-2-10/h3,7-8,10,20H,1-2,4-6,9H2. The zero-order chi connectivity index (χ0) is 15.3. The highest BCUT2D eigenvalue weighted by Crippen LogP contribution is 2.45. The molecule has 0 atom stereocenters. The lowest BCUT2D eigenvalue weighted by Crippen LogP contribution is -2.34. The third kappa shape index (κ3) is 2.40. The molecule has 118 valence electrons. The van der Waals surface area contributed by atoms with Crippen LogP contribution in [0.1, 0.15) is 18.4 Å². The topological polar surface area (TPSA) is 24.5 Å². The van der Waals surface area contributed by atoms with Gasteiger partial charge in [0.1, 0.15) is 12.4 Å². The molecule has 0 radical (unpaired) electrons. The Morgan fingerprint density at radius 1 is 1.27 bits per heavy atom. The second-order valence-corrected chi connectivity index (χ2v) is 6.10. The minimum atomic E-state index is -4.33. The SMILES string of the molecule is FC(F)(F)C1=CCNc2cc3c(cc21)N(CC1CC1)CCO3. The number of alkyl halides is 3. The van der Waals surface area contributed by atoms with Crippen molar-refractivity contribution in [3.05, 3.63) is 23.8 Å². The molecule has 2 heterocycles. The molecule has 6 heteroatoms. The zero-order valence-electron chi connectivity index (χ0n) is 12.0. The predicted molar refractivity (Wildman–Crippen MR) is 79.4 cm³/mol. The summed E-state index contributed by atoms with van der Waals surface area (Å²) in [6.45, 7) is 2.42. The monoisotopic (exact) mass is 310 g/mol. The highest BCUT2D eigenvalue weighted by Gasteiger charge is 2.38. The first kappa shape index (κ1) is 13.8. The average molecular weight is 310 g/mol. The fourth-order valence-corrected chi connectivity index (χ4v) is 3.13. The number of hydrogen-bond acceptors (Lipinski definition) is 3. The number of nitrogens with one attached hydrogen (secondary N) is 1. The Bertz CT molecular complexity index is 635. The number of hydrogen-bond donors (Lipinski definition) is 1. The number of anilines is 2. The highest BCUT2D eigenvalue weighted by molar-refractivity contribution is 5.86. The summed E-state index contributed by atoms with van der Waals surface area (Å²) >= 11 is 0. The van der Waals surface area contributed by atoms with Crippen molar-refractivity contribution < 1.29 is 17.9 Å². The first-order chi connectivity index (χ1) is 10.5. The molecule has 1 aromatic rings. The summed E-state index contributed by atoms with van der Waals surface area (Å²) in [5.41, 5.74) is 0.961. The highest BCUT2D eigenvalue weighted by atomic mass is 19.4. The lowest BCUT2D eigenvalue weighted by Gasteiger charge is -2.33. The van der Waals surface area contributed by atoms with Crippen LogP contribution >= 0.6 is 0 Å². The number of rotatable bonds is 2. The summed E-state index contributed by atoms with van der Waals surface area (Å²) in [6.07, 6.45) is -0.689. The van der Waals surface area contributed by atoms with Gasteiger partial charge in [0.25, 0.3) is 0 Å². The van der Waals surface area contributed by atoms with E-state index in [1.165, 1.54) is 18.9 Å². The van der Waals surface area contributed by atoms with Crippen molar-refractivity contribution in [1.82, 2.24) is 0 Å². The van der Waals surface area contributed by atoms with Gasteiger partial charge in [-0.2, -0.15) is 13.2 Å². The van der Waals surface area contributed by atoms with Crippen LogP contribution < -0.4 is 15.0 Å². The van der Waals surface area contributed by atoms with Crippen LogP contribution in [0.5, 0.6) is 5.75 Å². The Kier molecular flexibility index (Phi) is 3.03. The molecule has 0 saturated heterocycles. The van der Waals surface area contributed by atoms with E-state index in [0.717, 1.165) is 18.8 Å². The van der Waals surface area contributed by atoms with E-state index in [2.05, 4.69) is 10.2 Å². The number of ether oxygens (including phenoxy) is 1. The molecule has 1 N–H and O–H groups in total. The van der Waals surface area contributed by atoms with Gasteiger partial charge in [-0.05, 0) is 24.8 Å². The second kappa shape index (κ2) is 4.83. The molecule has 2 aliphatic heterocycles. The maximum Gasteiger partial charge on any atom is 0.416 e. The van der Waals surface area contributed by atoms with Gasteiger partial charge in [0.15, 0.2) is 0 Å². The molecule has 3 aliphatic rings. The molecule has 4 rings (SSSR count). The maximum absolute atomic E-state index is 13.2. The Morgan fingerprint density at radius 3 is 2.82 bits per heavy atom. The Labute approximate surface area is 126 Å². The Hall–Kier alpha value is -1.85. The minimum Gasteiger partial charge on any atom is -0.489 e. The molecular weight excluding hydrogens is 293 g/mol. The summed E-state index contributed by atoms with van der Waals surface area (Å²) < 4.78 is 45.3. The molecule has 0 aromatic heterocycles. The summed E-state index contributed by atoms with van der Waals surface area (Å²) in [5.74, 6) is 1.36. The van der Waals surface area contributed by atoms with Gasteiger partial charge in [-0.25, -0.2) is 0 Å². The van der Waals surface area contributed by atoms with Crippen LogP contribution in [0.4, 0.5) is 24.5 Å². The summed E-state index contributed by atoms with van der Waals surface area (Å²) in [5, 5.41) is 3.01. The van der Waals surface area contributed by atoms with E-state index in [4.69, 9.17) is 4.74 Å². The van der Waals surface area contributed by atoms with Gasteiger partial charge in [-0.1, -0.05) is 6.08 Å². The van der Waals surface area contributed by atoms with Gasteiger partial charge >= 0.3 is 6.18 Å². The average Bonchev–Trinajstić information content (AvgIpc) is 3.28. The van der Waals surface area contributed by atoms with E-state index in [1.54, 1.807) is 12.1 Å². The maximum atomic E-state index is 13.2. The van der Waals surface area contributed by atoms with Crippen LogP contribution in [0.25, 0.3) is 5.57 Å². The van der Waals surface area contributed by atoms with Gasteiger partial charge in [-0.15, -0.1) is 0 Å². The Morgan fingerprint density at radius 2 is 2.09 bits per heavy atom. The summed E-state index contributed by atoms with van der Waals surface area (Å²) in [4.78, 5) is 2.17. The van der Waals surface area contributed by atoms with Crippen molar-refractivity contribution in [3.8, 4) is 5.75 Å². The van der Waals surface area contributed by atoms with Crippen LogP contribution in [0.2, 0.25) is 0 Å². The first-order valence-corrected chi connectivity index (χ1v) is 7.60. The van der Waals surface area contributed by atoms with Crippen molar-refractivity contribution in [2.75, 3.05) is 36.5 Å². The van der Waals surface area contributed by atoms with E-state index < -0.39 is 11.7 Å². The van der Waals surface area contributed by atoms with Crippen LogP contribution in [0, 0.1) is 5.92 Å². The van der Waals surface area contributed by atoms with E-state index in [-0.39, 0.29) is 12.1 Å². The fraction of sp³-hybridized carbons (Fsp3) is 0.500. The second-order valence-electron chi connectivity index (χ2n) is 6.10. The number of fused-ring (bicyclic) bond motifs is 2. The van der Waals surface area contributed by atoms with Crippen LogP contribution in [-0.4, -0.2) is 32.4 Å². The number of allylic oxidation sites excluding steroid dienone is 1. The van der Waals surface area contributed by atoms with Crippen molar-refractivity contribution >= 4 is 16.9 Å². The van der Waals surface area contributed by atoms with E-state index in [0.29, 0.717) is 24.0 Å². The van der Waals surface area contributed by atoms with Gasteiger partial charge < -0.3 is 15.0 Å². The molecule has 1 saturated carbocycles. The van der Waals surface area contributed by atoms with Gasteiger partial charge in [0, 0.05) is 30.4 Å². The molecular formula is C16H17F3N2O. The van der Waals surface area contributed by atoms with Crippen LogP contribution in [0.15, 0.2) is 18.2 Å². The summed E-state index contributed by atoms with van der Waals surface area (Å²) in [6, 6.07) is 3.35. The van der Waals surface area contributed by atoms with Crippen molar-refractivity contribution in [3.63, 3.8) is 0 Å². The molecule has 22 heavy (non-hydrogen) atoms. The van der Waals surface area contributed by atoms with Crippen LogP contribution in [-0.2, 0) is 0 Å². The number of benzene rings is 1. The van der Waals surface area contributed by atoms with Crippen LogP contribution in [0.3, 0.4) is 0 Å². The summed E-state index contributed by atoms with van der Waals surface area (Å²) in [7, 11) is 0. The molecule has 0 bridgehead atoms.